The van der Waals surface area contributed by atoms with E-state index in [0.717, 1.165) is 22.0 Å². The van der Waals surface area contributed by atoms with E-state index >= 15 is 0 Å². The highest BCUT2D eigenvalue weighted by Gasteiger charge is 2.29. The molecule has 2 aliphatic rings. The Morgan fingerprint density at radius 3 is 2.70 bits per heavy atom. The Kier molecular flexibility index (Phi) is 3.23. The lowest BCUT2D eigenvalue weighted by Crippen LogP contribution is -2.12. The first-order chi connectivity index (χ1) is 11.2. The van der Waals surface area contributed by atoms with Crippen molar-refractivity contribution in [1.82, 2.24) is 4.98 Å². The second-order valence-corrected chi connectivity index (χ2v) is 5.61. The normalized spacial score (nSPS) is 19.2. The van der Waals surface area contributed by atoms with Gasteiger partial charge in [0, 0.05) is 11.6 Å². The van der Waals surface area contributed by atoms with Gasteiger partial charge in [-0.15, -0.1) is 0 Å². The van der Waals surface area contributed by atoms with Gasteiger partial charge < -0.3 is 19.3 Å². The van der Waals surface area contributed by atoms with Gasteiger partial charge in [0.1, 0.15) is 17.2 Å². The summed E-state index contributed by atoms with van der Waals surface area (Å²) < 4.78 is 17.1. The first kappa shape index (κ1) is 14.1. The van der Waals surface area contributed by atoms with Crippen molar-refractivity contribution in [3.05, 3.63) is 41.7 Å². The molecule has 5 nitrogen and oxygen atoms in total. The van der Waals surface area contributed by atoms with Gasteiger partial charge in [0.15, 0.2) is 11.5 Å². The van der Waals surface area contributed by atoms with Gasteiger partial charge >= 0.3 is 0 Å². The van der Waals surface area contributed by atoms with Crippen LogP contribution in [0.2, 0.25) is 0 Å². The first-order valence-corrected chi connectivity index (χ1v) is 7.53. The van der Waals surface area contributed by atoms with E-state index in [9.17, 15) is 5.11 Å². The smallest absolute Gasteiger partial charge is 0.172 e. The fraction of sp³-hybridized carbons (Fsp3) is 0.278. The van der Waals surface area contributed by atoms with E-state index in [4.69, 9.17) is 14.2 Å². The van der Waals surface area contributed by atoms with Gasteiger partial charge in [0.25, 0.3) is 0 Å². The number of aliphatic hydroxyl groups is 1. The highest BCUT2D eigenvalue weighted by molar-refractivity contribution is 6.05. The zero-order chi connectivity index (χ0) is 16.0. The van der Waals surface area contributed by atoms with E-state index in [0.29, 0.717) is 35.9 Å². The molecular formula is C18H17NO4. The molecule has 0 aliphatic carbocycles. The van der Waals surface area contributed by atoms with Crippen molar-refractivity contribution in [3.63, 3.8) is 0 Å². The summed E-state index contributed by atoms with van der Waals surface area (Å²) in [5.74, 6) is 2.62. The number of pyridine rings is 1. The number of ether oxygens (including phenoxy) is 3. The molecule has 1 aromatic carbocycles. The van der Waals surface area contributed by atoms with Crippen molar-refractivity contribution in [3.8, 4) is 11.5 Å². The zero-order valence-electron chi connectivity index (χ0n) is 13.0. The lowest BCUT2D eigenvalue weighted by Gasteiger charge is -2.27. The molecule has 0 spiro atoms. The van der Waals surface area contributed by atoms with Gasteiger partial charge in [0.2, 0.25) is 0 Å². The summed E-state index contributed by atoms with van der Waals surface area (Å²) >= 11 is 0. The summed E-state index contributed by atoms with van der Waals surface area (Å²) in [4.78, 5) is 4.49. The van der Waals surface area contributed by atoms with Gasteiger partial charge in [-0.05, 0) is 42.5 Å². The van der Waals surface area contributed by atoms with E-state index in [1.165, 1.54) is 0 Å². The van der Waals surface area contributed by atoms with Crippen LogP contribution in [0.1, 0.15) is 24.1 Å². The molecule has 0 amide bonds. The fourth-order valence-corrected chi connectivity index (χ4v) is 3.16. The van der Waals surface area contributed by atoms with Gasteiger partial charge in [-0.2, -0.15) is 0 Å². The maximum atomic E-state index is 10.0. The SMILES string of the molecule is COc1cc2ccnc3c2c(c1OC)C1=CCC(O)CC=C3O1. The number of nitrogens with zero attached hydrogens (tertiary/aromatic N) is 1. The number of rotatable bonds is 2. The van der Waals surface area contributed by atoms with Crippen LogP contribution in [0.5, 0.6) is 11.5 Å². The van der Waals surface area contributed by atoms with E-state index in [1.807, 2.05) is 24.3 Å². The third-order valence-electron chi connectivity index (χ3n) is 4.25. The van der Waals surface area contributed by atoms with Crippen molar-refractivity contribution in [2.75, 3.05) is 14.2 Å². The van der Waals surface area contributed by atoms with Crippen molar-refractivity contribution >= 4 is 22.3 Å². The van der Waals surface area contributed by atoms with Crippen LogP contribution in [0.4, 0.5) is 0 Å². The van der Waals surface area contributed by atoms with Crippen LogP contribution in [-0.4, -0.2) is 30.4 Å². The number of aromatic nitrogens is 1. The van der Waals surface area contributed by atoms with Crippen LogP contribution in [0.15, 0.2) is 30.5 Å². The number of benzene rings is 1. The van der Waals surface area contributed by atoms with E-state index in [1.54, 1.807) is 20.4 Å². The molecule has 2 aromatic rings. The molecular weight excluding hydrogens is 294 g/mol. The third kappa shape index (κ3) is 2.08. The summed E-state index contributed by atoms with van der Waals surface area (Å²) in [5, 5.41) is 12.0. The molecule has 2 aliphatic heterocycles. The standard InChI is InChI=1S/C18H17NO4/c1-21-14-9-10-7-8-19-17-13-6-4-11(20)3-5-12(23-13)16(15(10)17)18(14)22-2/h5-9,11,20H,3-4H2,1-2H3. The van der Waals surface area contributed by atoms with E-state index in [-0.39, 0.29) is 0 Å². The van der Waals surface area contributed by atoms with Crippen LogP contribution in [0.3, 0.4) is 0 Å². The van der Waals surface area contributed by atoms with Crippen LogP contribution in [-0.2, 0) is 4.74 Å². The monoisotopic (exact) mass is 311 g/mol. The Morgan fingerprint density at radius 1 is 1.17 bits per heavy atom. The van der Waals surface area contributed by atoms with Crippen molar-refractivity contribution < 1.29 is 19.3 Å². The predicted octanol–water partition coefficient (Wildman–Crippen LogP) is 3.12. The number of fused-ring (bicyclic) bond motifs is 4. The maximum Gasteiger partial charge on any atom is 0.172 e. The molecule has 0 radical (unpaired) electrons. The molecule has 5 heteroatoms. The summed E-state index contributed by atoms with van der Waals surface area (Å²) in [6, 6.07) is 3.90. The predicted molar refractivity (Wildman–Crippen MR) is 87.1 cm³/mol. The summed E-state index contributed by atoms with van der Waals surface area (Å²) in [7, 11) is 3.23. The molecule has 1 unspecified atom stereocenters. The molecule has 4 rings (SSSR count). The van der Waals surface area contributed by atoms with Crippen LogP contribution in [0.25, 0.3) is 22.3 Å². The Labute approximate surface area is 133 Å². The minimum atomic E-state index is -0.429. The molecule has 1 atom stereocenters. The average Bonchev–Trinajstić information content (AvgIpc) is 2.57. The Bertz CT molecular complexity index is 854. The maximum absolute atomic E-state index is 10.0. The number of hydrogen-bond acceptors (Lipinski definition) is 5. The quantitative estimate of drug-likeness (QED) is 0.923. The lowest BCUT2D eigenvalue weighted by molar-refractivity contribution is 0.179. The molecule has 118 valence electrons. The van der Waals surface area contributed by atoms with Crippen LogP contribution in [0, 0.1) is 0 Å². The molecule has 1 aromatic heterocycles. The van der Waals surface area contributed by atoms with Crippen molar-refractivity contribution in [2.45, 2.75) is 18.9 Å². The molecule has 23 heavy (non-hydrogen) atoms. The van der Waals surface area contributed by atoms with Crippen molar-refractivity contribution in [1.29, 1.82) is 0 Å². The Balaban J connectivity index is 2.14. The second-order valence-electron chi connectivity index (χ2n) is 5.61. The molecule has 0 saturated carbocycles. The van der Waals surface area contributed by atoms with Gasteiger partial charge in [-0.25, -0.2) is 0 Å². The lowest BCUT2D eigenvalue weighted by atomic mass is 9.94. The minimum Gasteiger partial charge on any atom is -0.493 e. The fourth-order valence-electron chi connectivity index (χ4n) is 3.16. The first-order valence-electron chi connectivity index (χ1n) is 7.53. The third-order valence-corrected chi connectivity index (χ3v) is 4.25. The largest absolute Gasteiger partial charge is 0.493 e. The van der Waals surface area contributed by atoms with Crippen LogP contribution < -0.4 is 9.47 Å². The van der Waals surface area contributed by atoms with Gasteiger partial charge in [-0.1, -0.05) is 0 Å². The molecule has 3 heterocycles. The van der Waals surface area contributed by atoms with E-state index < -0.39 is 6.10 Å². The van der Waals surface area contributed by atoms with Gasteiger partial charge in [0.05, 0.1) is 25.9 Å². The number of hydrogen-bond donors (Lipinski definition) is 1. The second kappa shape index (κ2) is 5.28. The Morgan fingerprint density at radius 2 is 1.96 bits per heavy atom. The highest BCUT2D eigenvalue weighted by atomic mass is 16.5. The summed E-state index contributed by atoms with van der Waals surface area (Å²) in [6.07, 6.45) is 6.20. The zero-order valence-corrected chi connectivity index (χ0v) is 13.0. The molecule has 1 N–H and O–H groups in total. The topological polar surface area (TPSA) is 60.8 Å². The number of aliphatic hydroxyl groups excluding tert-OH is 1. The molecule has 0 fully saturated rings. The van der Waals surface area contributed by atoms with Gasteiger partial charge in [-0.3, -0.25) is 4.98 Å². The molecule has 0 saturated heterocycles. The average molecular weight is 311 g/mol. The van der Waals surface area contributed by atoms with Crippen LogP contribution >= 0.6 is 0 Å². The number of methoxy groups -OCH3 is 2. The summed E-state index contributed by atoms with van der Waals surface area (Å²) in [6.45, 7) is 0. The highest BCUT2D eigenvalue weighted by Crippen LogP contribution is 2.48. The molecule has 2 bridgehead atoms. The Hall–Kier alpha value is -2.53. The summed E-state index contributed by atoms with van der Waals surface area (Å²) in [5.41, 5.74) is 1.60. The minimum absolute atomic E-state index is 0.429. The van der Waals surface area contributed by atoms with Crippen molar-refractivity contribution in [2.24, 2.45) is 0 Å². The van der Waals surface area contributed by atoms with E-state index in [2.05, 4.69) is 4.98 Å².